The molecule has 1 fully saturated rings. The minimum Gasteiger partial charge on any atom is -0.390 e. The molecule has 0 unspecified atom stereocenters. The minimum atomic E-state index is -0.228. The summed E-state index contributed by atoms with van der Waals surface area (Å²) in [5, 5.41) is 32.3. The molecule has 1 aliphatic carbocycles. The fraction of sp³-hybridized carbons (Fsp3) is 0.381. The Kier molecular flexibility index (Phi) is 4.18. The highest BCUT2D eigenvalue weighted by Gasteiger charge is 2.44. The van der Waals surface area contributed by atoms with Crippen LogP contribution in [0.15, 0.2) is 37.1 Å². The lowest BCUT2D eigenvalue weighted by molar-refractivity contribution is 0.0682. The van der Waals surface area contributed by atoms with E-state index >= 15 is 0 Å². The maximum absolute atomic E-state index is 9.69. The molecule has 4 aromatic rings. The number of hydrogen-bond acceptors (Lipinski definition) is 6. The van der Waals surface area contributed by atoms with Crippen LogP contribution in [0.4, 0.5) is 0 Å². The smallest absolute Gasteiger partial charge is 0.0999 e. The highest BCUT2D eigenvalue weighted by Crippen LogP contribution is 2.46. The largest absolute Gasteiger partial charge is 0.390 e. The lowest BCUT2D eigenvalue weighted by Gasteiger charge is -2.45. The van der Waals surface area contributed by atoms with Crippen LogP contribution < -0.4 is 0 Å². The number of hydrogen-bond donors (Lipinski definition) is 1. The molecule has 152 valence electrons. The van der Waals surface area contributed by atoms with E-state index in [0.29, 0.717) is 23.7 Å². The Bertz CT molecular complexity index is 1270. The number of aryl methyl sites for hydroxylation is 1. The molecule has 0 radical (unpaired) electrons. The standard InChI is InChI=1S/C21H22N8O/c1-14-7-21(8-14,4-5-22)29-10-15(9-24-29)20-19-3-6-23-28(19)12-17(25-20)16-11-27(2)26-18(16)13-30/h3,6,9-12,14,30H,4,7-8,13H2,1-2H3/t14-,21-. The summed E-state index contributed by atoms with van der Waals surface area (Å²) in [5.41, 5.74) is 4.26. The normalized spacial score (nSPS) is 20.9. The van der Waals surface area contributed by atoms with Crippen LogP contribution in [0.5, 0.6) is 0 Å². The molecule has 4 heterocycles. The Balaban J connectivity index is 1.62. The van der Waals surface area contributed by atoms with Crippen molar-refractivity contribution in [2.24, 2.45) is 13.0 Å². The fourth-order valence-electron chi connectivity index (χ4n) is 4.64. The first-order valence-corrected chi connectivity index (χ1v) is 9.93. The second kappa shape index (κ2) is 6.78. The van der Waals surface area contributed by atoms with Crippen molar-refractivity contribution in [2.75, 3.05) is 0 Å². The lowest BCUT2D eigenvalue weighted by Crippen LogP contribution is -2.45. The summed E-state index contributed by atoms with van der Waals surface area (Å²) in [4.78, 5) is 4.89. The van der Waals surface area contributed by atoms with Gasteiger partial charge in [-0.05, 0) is 24.8 Å². The van der Waals surface area contributed by atoms with Gasteiger partial charge in [0.25, 0.3) is 0 Å². The monoisotopic (exact) mass is 402 g/mol. The van der Waals surface area contributed by atoms with E-state index < -0.39 is 0 Å². The molecular formula is C21H22N8O. The van der Waals surface area contributed by atoms with Gasteiger partial charge >= 0.3 is 0 Å². The van der Waals surface area contributed by atoms with E-state index in [0.717, 1.165) is 35.2 Å². The topological polar surface area (TPSA) is 110 Å². The number of nitrogens with zero attached hydrogens (tertiary/aromatic N) is 8. The van der Waals surface area contributed by atoms with E-state index in [1.54, 1.807) is 21.6 Å². The Morgan fingerprint density at radius 3 is 2.83 bits per heavy atom. The van der Waals surface area contributed by atoms with Crippen LogP contribution in [0, 0.1) is 17.2 Å². The van der Waals surface area contributed by atoms with E-state index in [1.165, 1.54) is 0 Å². The summed E-state index contributed by atoms with van der Waals surface area (Å²) in [5.74, 6) is 0.594. The zero-order valence-electron chi connectivity index (χ0n) is 16.9. The first-order chi connectivity index (χ1) is 14.5. The number of aliphatic hydroxyl groups excluding tert-OH is 1. The van der Waals surface area contributed by atoms with Gasteiger partial charge in [0.15, 0.2) is 0 Å². The van der Waals surface area contributed by atoms with Crippen molar-refractivity contribution in [2.45, 2.75) is 38.3 Å². The maximum Gasteiger partial charge on any atom is 0.0999 e. The van der Waals surface area contributed by atoms with Crippen molar-refractivity contribution in [1.29, 1.82) is 5.26 Å². The second-order valence-electron chi connectivity index (χ2n) is 8.20. The highest BCUT2D eigenvalue weighted by molar-refractivity contribution is 5.78. The van der Waals surface area contributed by atoms with Crippen molar-refractivity contribution >= 4 is 5.52 Å². The Hall–Kier alpha value is -3.51. The van der Waals surface area contributed by atoms with Gasteiger partial charge in [-0.15, -0.1) is 0 Å². The van der Waals surface area contributed by atoms with Crippen molar-refractivity contribution in [3.63, 3.8) is 0 Å². The van der Waals surface area contributed by atoms with Crippen molar-refractivity contribution in [3.05, 3.63) is 42.7 Å². The van der Waals surface area contributed by atoms with Gasteiger partial charge in [-0.2, -0.15) is 20.6 Å². The van der Waals surface area contributed by atoms with E-state index in [4.69, 9.17) is 4.98 Å². The van der Waals surface area contributed by atoms with Crippen LogP contribution in [0.25, 0.3) is 28.0 Å². The molecule has 0 bridgehead atoms. The zero-order valence-corrected chi connectivity index (χ0v) is 16.9. The molecule has 0 spiro atoms. The number of aromatic nitrogens is 7. The van der Waals surface area contributed by atoms with Crippen LogP contribution in [-0.2, 0) is 19.2 Å². The zero-order chi connectivity index (χ0) is 20.9. The molecule has 0 amide bonds. The van der Waals surface area contributed by atoms with Crippen molar-refractivity contribution in [3.8, 4) is 28.6 Å². The Morgan fingerprint density at radius 1 is 1.27 bits per heavy atom. The molecule has 5 rings (SSSR count). The molecule has 1 aliphatic rings. The van der Waals surface area contributed by atoms with Gasteiger partial charge in [-0.1, -0.05) is 6.92 Å². The van der Waals surface area contributed by atoms with E-state index in [-0.39, 0.29) is 12.1 Å². The molecule has 1 saturated carbocycles. The molecule has 0 aromatic carbocycles. The summed E-state index contributed by atoms with van der Waals surface area (Å²) >= 11 is 0. The summed E-state index contributed by atoms with van der Waals surface area (Å²) < 4.78 is 5.38. The van der Waals surface area contributed by atoms with Gasteiger partial charge in [0.1, 0.15) is 0 Å². The Labute approximate surface area is 173 Å². The van der Waals surface area contributed by atoms with Crippen LogP contribution >= 0.6 is 0 Å². The van der Waals surface area contributed by atoms with Crippen molar-refractivity contribution in [1.82, 2.24) is 34.2 Å². The maximum atomic E-state index is 9.69. The number of aliphatic hydroxyl groups is 1. The van der Waals surface area contributed by atoms with Crippen LogP contribution in [0.1, 0.15) is 31.9 Å². The fourth-order valence-corrected chi connectivity index (χ4v) is 4.64. The first-order valence-electron chi connectivity index (χ1n) is 9.93. The molecular weight excluding hydrogens is 380 g/mol. The summed E-state index contributed by atoms with van der Waals surface area (Å²) in [6.45, 7) is 2.03. The molecule has 1 N–H and O–H groups in total. The van der Waals surface area contributed by atoms with Gasteiger partial charge in [-0.25, -0.2) is 9.50 Å². The number of fused-ring (bicyclic) bond motifs is 1. The van der Waals surface area contributed by atoms with Gasteiger partial charge in [-0.3, -0.25) is 9.36 Å². The van der Waals surface area contributed by atoms with Gasteiger partial charge in [0.2, 0.25) is 0 Å². The molecule has 0 saturated heterocycles. The van der Waals surface area contributed by atoms with Crippen LogP contribution in [0.2, 0.25) is 0 Å². The second-order valence-corrected chi connectivity index (χ2v) is 8.20. The third-order valence-electron chi connectivity index (χ3n) is 5.93. The SMILES string of the molecule is Cn1cc(-c2cn3nccc3c(-c3cnn([C@]4(CC#N)C[C@@H](C)C4)c3)n2)c(CO)n1. The van der Waals surface area contributed by atoms with Gasteiger partial charge < -0.3 is 5.11 Å². The van der Waals surface area contributed by atoms with Crippen molar-refractivity contribution < 1.29 is 5.11 Å². The van der Waals surface area contributed by atoms with Crippen LogP contribution in [0.3, 0.4) is 0 Å². The Morgan fingerprint density at radius 2 is 2.10 bits per heavy atom. The molecule has 4 aromatic heterocycles. The number of nitriles is 1. The molecule has 30 heavy (non-hydrogen) atoms. The summed E-state index contributed by atoms with van der Waals surface area (Å²) in [7, 11) is 1.81. The average Bonchev–Trinajstić information content (AvgIpc) is 3.44. The predicted octanol–water partition coefficient (Wildman–Crippen LogP) is 2.52. The van der Waals surface area contributed by atoms with E-state index in [9.17, 15) is 10.4 Å². The predicted molar refractivity (Wildman–Crippen MR) is 109 cm³/mol. The van der Waals surface area contributed by atoms with Crippen LogP contribution in [-0.4, -0.2) is 39.3 Å². The molecule has 0 aliphatic heterocycles. The first kappa shape index (κ1) is 18.5. The van der Waals surface area contributed by atoms with Gasteiger partial charge in [0, 0.05) is 30.6 Å². The lowest BCUT2D eigenvalue weighted by atomic mass is 9.67. The molecule has 0 atom stereocenters. The number of rotatable bonds is 5. The highest BCUT2D eigenvalue weighted by atomic mass is 16.3. The van der Waals surface area contributed by atoms with Gasteiger partial charge in [0.05, 0.1) is 65.8 Å². The van der Waals surface area contributed by atoms with E-state index in [1.807, 2.05) is 36.4 Å². The van der Waals surface area contributed by atoms with E-state index in [2.05, 4.69) is 28.3 Å². The third-order valence-corrected chi connectivity index (χ3v) is 5.93. The summed E-state index contributed by atoms with van der Waals surface area (Å²) in [6, 6.07) is 4.24. The summed E-state index contributed by atoms with van der Waals surface area (Å²) in [6.07, 6.45) is 11.5. The molecule has 9 heteroatoms. The average molecular weight is 402 g/mol. The third kappa shape index (κ3) is 2.80. The minimum absolute atomic E-state index is 0.170. The molecule has 9 nitrogen and oxygen atoms in total. The quantitative estimate of drug-likeness (QED) is 0.549.